The van der Waals surface area contributed by atoms with Crippen LogP contribution in [-0.2, 0) is 23.9 Å². The molecule has 0 saturated heterocycles. The lowest BCUT2D eigenvalue weighted by atomic mass is 9.98. The molecule has 2 atom stereocenters. The summed E-state index contributed by atoms with van der Waals surface area (Å²) in [5.74, 6) is -1.97. The highest BCUT2D eigenvalue weighted by Gasteiger charge is 2.35. The van der Waals surface area contributed by atoms with Gasteiger partial charge in [-0.1, -0.05) is 44.7 Å². The Hall–Kier alpha value is -3.36. The molecule has 1 aromatic rings. The highest BCUT2D eigenvalue weighted by Crippen LogP contribution is 2.23. The maximum atomic E-state index is 13.4. The number of carbonyl (C=O) groups is 4. The number of hydrogen-bond acceptors (Lipinski definition) is 6. The van der Waals surface area contributed by atoms with Crippen LogP contribution in [0.5, 0.6) is 0 Å². The van der Waals surface area contributed by atoms with E-state index >= 15 is 0 Å². The average molecular weight is 462 g/mol. The maximum Gasteiger partial charge on any atom is 0.408 e. The third-order valence-electron chi connectivity index (χ3n) is 4.68. The van der Waals surface area contributed by atoms with Crippen LogP contribution in [0.3, 0.4) is 0 Å². The van der Waals surface area contributed by atoms with Crippen LogP contribution in [0.4, 0.5) is 4.79 Å². The molecule has 0 aliphatic heterocycles. The number of amides is 3. The fraction of sp³-hybridized carbons (Fsp3) is 0.500. The molecule has 3 amide bonds. The van der Waals surface area contributed by atoms with Crippen molar-refractivity contribution in [1.29, 1.82) is 0 Å². The molecule has 0 bridgehead atoms. The van der Waals surface area contributed by atoms with Crippen molar-refractivity contribution in [1.82, 2.24) is 15.5 Å². The van der Waals surface area contributed by atoms with E-state index in [1.54, 1.807) is 58.9 Å². The first-order valence-electron chi connectivity index (χ1n) is 10.6. The Balaban J connectivity index is 3.26. The van der Waals surface area contributed by atoms with Gasteiger partial charge in [0.15, 0.2) is 0 Å². The van der Waals surface area contributed by atoms with Gasteiger partial charge in [0.25, 0.3) is 0 Å². The number of esters is 1. The molecule has 1 rings (SSSR count). The van der Waals surface area contributed by atoms with E-state index in [9.17, 15) is 19.2 Å². The van der Waals surface area contributed by atoms with Crippen molar-refractivity contribution in [3.63, 3.8) is 0 Å². The minimum absolute atomic E-state index is 0.286. The molecule has 0 aromatic heterocycles. The van der Waals surface area contributed by atoms with Crippen molar-refractivity contribution in [2.24, 2.45) is 5.92 Å². The van der Waals surface area contributed by atoms with Gasteiger partial charge in [-0.05, 0) is 43.9 Å². The van der Waals surface area contributed by atoms with Crippen LogP contribution < -0.4 is 10.6 Å². The van der Waals surface area contributed by atoms with Crippen molar-refractivity contribution in [2.45, 2.75) is 52.3 Å². The molecular formula is C24H35N3O6. The highest BCUT2D eigenvalue weighted by molar-refractivity contribution is 5.93. The number of hydrogen-bond donors (Lipinski definition) is 2. The zero-order chi connectivity index (χ0) is 25.3. The van der Waals surface area contributed by atoms with E-state index in [1.807, 2.05) is 6.07 Å². The normalized spacial score (nSPS) is 12.8. The summed E-state index contributed by atoms with van der Waals surface area (Å²) in [7, 11) is 2.68. The molecule has 33 heavy (non-hydrogen) atoms. The summed E-state index contributed by atoms with van der Waals surface area (Å²) in [6.45, 7) is 12.1. The Labute approximate surface area is 195 Å². The molecule has 182 valence electrons. The van der Waals surface area contributed by atoms with Gasteiger partial charge >= 0.3 is 12.1 Å². The summed E-state index contributed by atoms with van der Waals surface area (Å²) < 4.78 is 9.86. The predicted molar refractivity (Wildman–Crippen MR) is 125 cm³/mol. The number of likely N-dealkylation sites (N-methyl/N-ethyl adjacent to an activating group) is 1. The third kappa shape index (κ3) is 8.59. The molecular weight excluding hydrogens is 426 g/mol. The van der Waals surface area contributed by atoms with Crippen molar-refractivity contribution < 1.29 is 28.7 Å². The number of benzene rings is 1. The van der Waals surface area contributed by atoms with Crippen molar-refractivity contribution >= 4 is 30.0 Å². The Kier molecular flexibility index (Phi) is 10.1. The Morgan fingerprint density at radius 2 is 1.82 bits per heavy atom. The molecule has 2 N–H and O–H groups in total. The van der Waals surface area contributed by atoms with E-state index in [-0.39, 0.29) is 12.5 Å². The first-order chi connectivity index (χ1) is 15.3. The number of methoxy groups -OCH3 is 1. The lowest BCUT2D eigenvalue weighted by Crippen LogP contribution is -2.53. The summed E-state index contributed by atoms with van der Waals surface area (Å²) >= 11 is 0. The first-order valence-corrected chi connectivity index (χ1v) is 10.6. The van der Waals surface area contributed by atoms with Gasteiger partial charge in [0, 0.05) is 7.05 Å². The van der Waals surface area contributed by atoms with Crippen LogP contribution in [0.25, 0.3) is 6.08 Å². The Morgan fingerprint density at radius 1 is 1.18 bits per heavy atom. The van der Waals surface area contributed by atoms with Gasteiger partial charge in [0.05, 0.1) is 7.11 Å². The van der Waals surface area contributed by atoms with Gasteiger partial charge in [-0.2, -0.15) is 0 Å². The van der Waals surface area contributed by atoms with E-state index in [4.69, 9.17) is 4.74 Å². The quantitative estimate of drug-likeness (QED) is 0.547. The lowest BCUT2D eigenvalue weighted by molar-refractivity contribution is -0.144. The van der Waals surface area contributed by atoms with E-state index in [1.165, 1.54) is 19.1 Å². The second-order valence-electron chi connectivity index (χ2n) is 8.89. The van der Waals surface area contributed by atoms with Gasteiger partial charge in [0.1, 0.15) is 24.2 Å². The molecule has 0 aliphatic carbocycles. The highest BCUT2D eigenvalue weighted by atomic mass is 16.6. The number of alkyl carbamates (subject to hydrolysis) is 1. The van der Waals surface area contributed by atoms with Crippen LogP contribution in [-0.4, -0.2) is 61.1 Å². The van der Waals surface area contributed by atoms with Gasteiger partial charge in [-0.3, -0.25) is 14.4 Å². The number of nitrogens with zero attached hydrogens (tertiary/aromatic N) is 1. The predicted octanol–water partition coefficient (Wildman–Crippen LogP) is 2.67. The molecule has 2 unspecified atom stereocenters. The molecule has 0 saturated carbocycles. The Bertz CT molecular complexity index is 875. The van der Waals surface area contributed by atoms with Crippen LogP contribution in [0.15, 0.2) is 30.8 Å². The van der Waals surface area contributed by atoms with Crippen molar-refractivity contribution in [3.05, 3.63) is 42.0 Å². The van der Waals surface area contributed by atoms with Gasteiger partial charge in [0.2, 0.25) is 11.8 Å². The van der Waals surface area contributed by atoms with Gasteiger partial charge in [-0.15, -0.1) is 0 Å². The Morgan fingerprint density at radius 3 is 2.33 bits per heavy atom. The number of nitrogens with one attached hydrogen (secondary N) is 2. The van der Waals surface area contributed by atoms with E-state index in [0.717, 1.165) is 5.56 Å². The minimum Gasteiger partial charge on any atom is -0.468 e. The van der Waals surface area contributed by atoms with Gasteiger partial charge in [-0.25, -0.2) is 4.79 Å². The molecule has 9 heteroatoms. The summed E-state index contributed by atoms with van der Waals surface area (Å²) in [6.07, 6.45) is 0.888. The third-order valence-corrected chi connectivity index (χ3v) is 4.68. The fourth-order valence-electron chi connectivity index (χ4n) is 3.03. The summed E-state index contributed by atoms with van der Waals surface area (Å²) in [4.78, 5) is 51.6. The topological polar surface area (TPSA) is 114 Å². The minimum atomic E-state index is -1.07. The molecule has 0 heterocycles. The van der Waals surface area contributed by atoms with Crippen LogP contribution in [0, 0.1) is 5.92 Å². The molecule has 0 spiro atoms. The SMILES string of the molecule is C=Cc1cccc(C(C(=O)NCC(=O)OC)N(C)C(=O)C(NC(=O)OC(C)(C)C)C(C)C)c1. The first kappa shape index (κ1) is 27.7. The van der Waals surface area contributed by atoms with E-state index in [2.05, 4.69) is 21.9 Å². The van der Waals surface area contributed by atoms with Crippen LogP contribution >= 0.6 is 0 Å². The van der Waals surface area contributed by atoms with Gasteiger partial charge < -0.3 is 25.0 Å². The average Bonchev–Trinajstić information content (AvgIpc) is 2.74. The zero-order valence-electron chi connectivity index (χ0n) is 20.4. The summed E-state index contributed by atoms with van der Waals surface area (Å²) in [5.41, 5.74) is 0.541. The van der Waals surface area contributed by atoms with Crippen molar-refractivity contribution in [3.8, 4) is 0 Å². The molecule has 9 nitrogen and oxygen atoms in total. The monoisotopic (exact) mass is 461 g/mol. The van der Waals surface area contributed by atoms with E-state index < -0.39 is 41.6 Å². The lowest BCUT2D eigenvalue weighted by Gasteiger charge is -2.33. The maximum absolute atomic E-state index is 13.4. The van der Waals surface area contributed by atoms with Crippen LogP contribution in [0.1, 0.15) is 51.8 Å². The molecule has 0 radical (unpaired) electrons. The second-order valence-corrected chi connectivity index (χ2v) is 8.89. The van der Waals surface area contributed by atoms with Crippen molar-refractivity contribution in [2.75, 3.05) is 20.7 Å². The molecule has 0 aliphatic rings. The summed E-state index contributed by atoms with van der Waals surface area (Å²) in [6, 6.07) is 4.97. The largest absolute Gasteiger partial charge is 0.468 e. The zero-order valence-corrected chi connectivity index (χ0v) is 20.4. The van der Waals surface area contributed by atoms with E-state index in [0.29, 0.717) is 5.56 Å². The fourth-order valence-corrected chi connectivity index (χ4v) is 3.03. The number of carbonyl (C=O) groups excluding carboxylic acids is 4. The second kappa shape index (κ2) is 12.0. The number of rotatable bonds is 9. The van der Waals surface area contributed by atoms with Crippen LogP contribution in [0.2, 0.25) is 0 Å². The number of ether oxygens (including phenoxy) is 2. The molecule has 0 fully saturated rings. The molecule has 1 aromatic carbocycles. The standard InChI is InChI=1S/C24H35N3O6/c1-9-16-11-10-12-17(13-16)20(21(29)25-14-18(28)32-8)27(7)22(30)19(15(2)3)26-23(31)33-24(4,5)6/h9-13,15,19-20H,1,14H2,2-8H3,(H,25,29)(H,26,31). The smallest absolute Gasteiger partial charge is 0.408 e. The summed E-state index contributed by atoms with van der Waals surface area (Å²) in [5, 5.41) is 5.11.